The van der Waals surface area contributed by atoms with Crippen molar-refractivity contribution >= 4 is 15.1 Å². The highest BCUT2D eigenvalue weighted by atomic mass is 31.0. The average molecular weight is 167 g/mol. The third-order valence-corrected chi connectivity index (χ3v) is 1.92. The molecule has 0 aliphatic heterocycles. The fourth-order valence-corrected chi connectivity index (χ4v) is 1.11. The maximum Gasteiger partial charge on any atom is 0.248 e. The van der Waals surface area contributed by atoms with Gasteiger partial charge in [0.1, 0.15) is 0 Å². The van der Waals surface area contributed by atoms with Crippen LogP contribution in [0.25, 0.3) is 0 Å². The second-order valence-corrected chi connectivity index (χ2v) is 2.68. The molecule has 1 amide bonds. The summed E-state index contributed by atoms with van der Waals surface area (Å²) in [5, 5.41) is 0. The summed E-state index contributed by atoms with van der Waals surface area (Å²) in [5.41, 5.74) is 6.77. The SMILES string of the molecule is NC(=O)c1cccc(CP)c1. The first-order valence-corrected chi connectivity index (χ1v) is 4.14. The van der Waals surface area contributed by atoms with Crippen molar-refractivity contribution < 1.29 is 4.79 Å². The van der Waals surface area contributed by atoms with E-state index >= 15 is 0 Å². The minimum absolute atomic E-state index is 0.370. The number of nitrogens with two attached hydrogens (primary N) is 1. The number of amides is 1. The van der Waals surface area contributed by atoms with Crippen molar-refractivity contribution in [2.75, 3.05) is 0 Å². The molecular formula is C8H10NOP. The molecule has 1 atom stereocenters. The van der Waals surface area contributed by atoms with Gasteiger partial charge >= 0.3 is 0 Å². The molecule has 3 heteroatoms. The zero-order valence-corrected chi connectivity index (χ0v) is 7.23. The smallest absolute Gasteiger partial charge is 0.248 e. The number of benzene rings is 1. The zero-order valence-electron chi connectivity index (χ0n) is 6.08. The van der Waals surface area contributed by atoms with E-state index in [9.17, 15) is 4.79 Å². The van der Waals surface area contributed by atoms with Gasteiger partial charge in [-0.3, -0.25) is 4.79 Å². The van der Waals surface area contributed by atoms with Gasteiger partial charge in [-0.1, -0.05) is 12.1 Å². The van der Waals surface area contributed by atoms with E-state index in [4.69, 9.17) is 5.73 Å². The minimum Gasteiger partial charge on any atom is -0.366 e. The highest BCUT2D eigenvalue weighted by Crippen LogP contribution is 2.07. The van der Waals surface area contributed by atoms with Gasteiger partial charge in [-0.15, -0.1) is 9.24 Å². The summed E-state index contributed by atoms with van der Waals surface area (Å²) in [6.07, 6.45) is 0.848. The molecule has 1 aromatic carbocycles. The van der Waals surface area contributed by atoms with Crippen LogP contribution in [0.4, 0.5) is 0 Å². The second kappa shape index (κ2) is 3.49. The molecule has 58 valence electrons. The van der Waals surface area contributed by atoms with Crippen LogP contribution in [0.15, 0.2) is 24.3 Å². The molecule has 0 aliphatic carbocycles. The van der Waals surface area contributed by atoms with Gasteiger partial charge in [0.25, 0.3) is 0 Å². The van der Waals surface area contributed by atoms with Crippen LogP contribution in [0.5, 0.6) is 0 Å². The van der Waals surface area contributed by atoms with E-state index in [0.29, 0.717) is 5.56 Å². The summed E-state index contributed by atoms with van der Waals surface area (Å²) >= 11 is 0. The van der Waals surface area contributed by atoms with E-state index in [2.05, 4.69) is 9.24 Å². The third kappa shape index (κ3) is 2.02. The van der Waals surface area contributed by atoms with Crippen molar-refractivity contribution in [3.8, 4) is 0 Å². The molecule has 0 spiro atoms. The molecule has 0 aliphatic rings. The Bertz CT molecular complexity index is 273. The molecule has 0 fully saturated rings. The first-order chi connectivity index (χ1) is 5.24. The monoisotopic (exact) mass is 167 g/mol. The molecule has 0 bridgehead atoms. The second-order valence-electron chi connectivity index (χ2n) is 2.27. The maximum absolute atomic E-state index is 10.7. The minimum atomic E-state index is -0.370. The first kappa shape index (κ1) is 8.22. The van der Waals surface area contributed by atoms with E-state index < -0.39 is 0 Å². The standard InChI is InChI=1S/C8H10NOP/c9-8(10)7-3-1-2-6(4-7)5-11/h1-4H,5,11H2,(H2,9,10). The molecule has 1 rings (SSSR count). The lowest BCUT2D eigenvalue weighted by Crippen LogP contribution is -2.10. The fraction of sp³-hybridized carbons (Fsp3) is 0.125. The Kier molecular flexibility index (Phi) is 2.61. The number of hydrogen-bond donors (Lipinski definition) is 1. The van der Waals surface area contributed by atoms with Gasteiger partial charge in [-0.25, -0.2) is 0 Å². The van der Waals surface area contributed by atoms with Gasteiger partial charge in [0.05, 0.1) is 0 Å². The summed E-state index contributed by atoms with van der Waals surface area (Å²) in [6.45, 7) is 0. The summed E-state index contributed by atoms with van der Waals surface area (Å²) in [6, 6.07) is 7.31. The van der Waals surface area contributed by atoms with Crippen LogP contribution in [0.2, 0.25) is 0 Å². The van der Waals surface area contributed by atoms with E-state index in [0.717, 1.165) is 11.7 Å². The van der Waals surface area contributed by atoms with Crippen LogP contribution in [0, 0.1) is 0 Å². The van der Waals surface area contributed by atoms with Crippen LogP contribution in [-0.4, -0.2) is 5.91 Å². The topological polar surface area (TPSA) is 43.1 Å². The molecule has 11 heavy (non-hydrogen) atoms. The highest BCUT2D eigenvalue weighted by molar-refractivity contribution is 7.15. The zero-order chi connectivity index (χ0) is 8.27. The van der Waals surface area contributed by atoms with Crippen LogP contribution >= 0.6 is 9.24 Å². The normalized spacial score (nSPS) is 9.55. The van der Waals surface area contributed by atoms with E-state index in [-0.39, 0.29) is 5.91 Å². The first-order valence-electron chi connectivity index (χ1n) is 3.33. The molecule has 0 saturated heterocycles. The van der Waals surface area contributed by atoms with Crippen LogP contribution in [0.3, 0.4) is 0 Å². The Balaban J connectivity index is 3.01. The summed E-state index contributed by atoms with van der Waals surface area (Å²) in [7, 11) is 2.60. The lowest BCUT2D eigenvalue weighted by molar-refractivity contribution is 0.1000. The molecule has 0 saturated carbocycles. The number of primary amides is 1. The lowest BCUT2D eigenvalue weighted by atomic mass is 10.1. The van der Waals surface area contributed by atoms with Gasteiger partial charge in [-0.2, -0.15) is 0 Å². The van der Waals surface area contributed by atoms with E-state index in [1.165, 1.54) is 0 Å². The summed E-state index contributed by atoms with van der Waals surface area (Å²) in [5.74, 6) is -0.370. The lowest BCUT2D eigenvalue weighted by Gasteiger charge is -1.97. The predicted molar refractivity (Wildman–Crippen MR) is 48.4 cm³/mol. The van der Waals surface area contributed by atoms with Gasteiger partial charge in [0, 0.05) is 5.56 Å². The number of rotatable bonds is 2. The molecule has 1 unspecified atom stereocenters. The van der Waals surface area contributed by atoms with Crippen LogP contribution in [0.1, 0.15) is 15.9 Å². The highest BCUT2D eigenvalue weighted by Gasteiger charge is 1.98. The number of hydrogen-bond acceptors (Lipinski definition) is 1. The summed E-state index contributed by atoms with van der Waals surface area (Å²) in [4.78, 5) is 10.7. The average Bonchev–Trinajstić information content (AvgIpc) is 2.05. The Morgan fingerprint density at radius 3 is 2.82 bits per heavy atom. The largest absolute Gasteiger partial charge is 0.366 e. The molecular weight excluding hydrogens is 157 g/mol. The Labute approximate surface area is 68.0 Å². The fourth-order valence-electron chi connectivity index (χ4n) is 0.852. The van der Waals surface area contributed by atoms with Crippen molar-refractivity contribution in [3.05, 3.63) is 35.4 Å². The van der Waals surface area contributed by atoms with Crippen LogP contribution < -0.4 is 5.73 Å². The van der Waals surface area contributed by atoms with Gasteiger partial charge in [0.15, 0.2) is 0 Å². The molecule has 0 heterocycles. The molecule has 2 N–H and O–H groups in total. The van der Waals surface area contributed by atoms with E-state index in [1.54, 1.807) is 12.1 Å². The Hall–Kier alpha value is -0.880. The van der Waals surface area contributed by atoms with Crippen molar-refractivity contribution in [2.45, 2.75) is 6.16 Å². The molecule has 0 aromatic heterocycles. The third-order valence-electron chi connectivity index (χ3n) is 1.45. The molecule has 2 nitrogen and oxygen atoms in total. The van der Waals surface area contributed by atoms with Crippen molar-refractivity contribution in [1.29, 1.82) is 0 Å². The number of carbonyl (C=O) groups is 1. The van der Waals surface area contributed by atoms with Crippen molar-refractivity contribution in [3.63, 3.8) is 0 Å². The molecule has 1 aromatic rings. The van der Waals surface area contributed by atoms with Gasteiger partial charge < -0.3 is 5.73 Å². The van der Waals surface area contributed by atoms with E-state index in [1.807, 2.05) is 12.1 Å². The van der Waals surface area contributed by atoms with Crippen molar-refractivity contribution in [2.24, 2.45) is 5.73 Å². The summed E-state index contributed by atoms with van der Waals surface area (Å²) < 4.78 is 0. The van der Waals surface area contributed by atoms with Crippen LogP contribution in [-0.2, 0) is 6.16 Å². The quantitative estimate of drug-likeness (QED) is 0.660. The maximum atomic E-state index is 10.7. The van der Waals surface area contributed by atoms with Gasteiger partial charge in [0.2, 0.25) is 5.91 Å². The predicted octanol–water partition coefficient (Wildman–Crippen LogP) is 1.16. The van der Waals surface area contributed by atoms with Crippen molar-refractivity contribution in [1.82, 2.24) is 0 Å². The Morgan fingerprint density at radius 1 is 1.55 bits per heavy atom. The number of carbonyl (C=O) groups excluding carboxylic acids is 1. The Morgan fingerprint density at radius 2 is 2.27 bits per heavy atom. The molecule has 0 radical (unpaired) electrons. The van der Waals surface area contributed by atoms with Gasteiger partial charge in [-0.05, 0) is 23.9 Å².